The van der Waals surface area contributed by atoms with Gasteiger partial charge in [0.25, 0.3) is 0 Å². The van der Waals surface area contributed by atoms with E-state index in [1.807, 2.05) is 6.92 Å². The van der Waals surface area contributed by atoms with Gasteiger partial charge in [0.2, 0.25) is 5.91 Å². The first-order valence-electron chi connectivity index (χ1n) is 6.18. The molecule has 0 spiro atoms. The SMILES string of the molecule is CCNC1C(=O)Nc2cc(-n3cc(Cl)cn3)c(Cl)cc21. The van der Waals surface area contributed by atoms with Crippen LogP contribution in [-0.4, -0.2) is 22.2 Å². The van der Waals surface area contributed by atoms with Crippen LogP contribution in [0, 0.1) is 0 Å². The molecular formula is C13H12Cl2N4O. The maximum atomic E-state index is 11.9. The summed E-state index contributed by atoms with van der Waals surface area (Å²) >= 11 is 12.2. The molecule has 1 aliphatic rings. The van der Waals surface area contributed by atoms with Crippen molar-refractivity contribution in [2.24, 2.45) is 0 Å². The van der Waals surface area contributed by atoms with Gasteiger partial charge >= 0.3 is 0 Å². The minimum atomic E-state index is -0.359. The lowest BCUT2D eigenvalue weighted by atomic mass is 10.1. The van der Waals surface area contributed by atoms with E-state index in [9.17, 15) is 4.79 Å². The summed E-state index contributed by atoms with van der Waals surface area (Å²) in [4.78, 5) is 11.9. The zero-order valence-electron chi connectivity index (χ0n) is 10.7. The van der Waals surface area contributed by atoms with Gasteiger partial charge in [-0.05, 0) is 18.7 Å². The number of hydrogen-bond donors (Lipinski definition) is 2. The topological polar surface area (TPSA) is 59.0 Å². The summed E-state index contributed by atoms with van der Waals surface area (Å²) in [6.45, 7) is 2.65. The highest BCUT2D eigenvalue weighted by Crippen LogP contribution is 2.36. The fourth-order valence-electron chi connectivity index (χ4n) is 2.29. The van der Waals surface area contributed by atoms with Crippen molar-refractivity contribution in [1.29, 1.82) is 0 Å². The van der Waals surface area contributed by atoms with Crippen LogP contribution in [0.25, 0.3) is 5.69 Å². The molecule has 0 aliphatic carbocycles. The van der Waals surface area contributed by atoms with Crippen molar-refractivity contribution in [3.8, 4) is 5.69 Å². The van der Waals surface area contributed by atoms with Crippen LogP contribution < -0.4 is 10.6 Å². The van der Waals surface area contributed by atoms with Gasteiger partial charge in [0.1, 0.15) is 6.04 Å². The molecule has 104 valence electrons. The highest BCUT2D eigenvalue weighted by molar-refractivity contribution is 6.33. The molecule has 0 fully saturated rings. The van der Waals surface area contributed by atoms with E-state index < -0.39 is 0 Å². The third-order valence-corrected chi connectivity index (χ3v) is 3.65. The van der Waals surface area contributed by atoms with E-state index in [0.29, 0.717) is 22.3 Å². The van der Waals surface area contributed by atoms with Gasteiger partial charge in [0.05, 0.1) is 21.9 Å². The van der Waals surface area contributed by atoms with E-state index in [1.54, 1.807) is 23.0 Å². The zero-order chi connectivity index (χ0) is 14.3. The third-order valence-electron chi connectivity index (χ3n) is 3.16. The molecule has 0 saturated carbocycles. The Kier molecular flexibility index (Phi) is 3.41. The lowest BCUT2D eigenvalue weighted by molar-refractivity contribution is -0.117. The van der Waals surface area contributed by atoms with Gasteiger partial charge in [0.15, 0.2) is 0 Å². The Hall–Kier alpha value is -1.56. The lowest BCUT2D eigenvalue weighted by Gasteiger charge is -2.11. The first-order valence-corrected chi connectivity index (χ1v) is 6.94. The monoisotopic (exact) mass is 310 g/mol. The Morgan fingerprint density at radius 3 is 2.90 bits per heavy atom. The quantitative estimate of drug-likeness (QED) is 0.916. The number of nitrogens with zero attached hydrogens (tertiary/aromatic N) is 2. The van der Waals surface area contributed by atoms with Crippen LogP contribution in [0.2, 0.25) is 10.0 Å². The Balaban J connectivity index is 2.06. The van der Waals surface area contributed by atoms with Crippen molar-refractivity contribution >= 4 is 34.8 Å². The smallest absolute Gasteiger partial charge is 0.246 e. The van der Waals surface area contributed by atoms with Crippen molar-refractivity contribution < 1.29 is 4.79 Å². The summed E-state index contributed by atoms with van der Waals surface area (Å²) in [6.07, 6.45) is 3.19. The Bertz CT molecular complexity index is 683. The highest BCUT2D eigenvalue weighted by Gasteiger charge is 2.31. The van der Waals surface area contributed by atoms with Gasteiger partial charge < -0.3 is 10.6 Å². The molecule has 0 saturated heterocycles. The van der Waals surface area contributed by atoms with E-state index in [2.05, 4.69) is 15.7 Å². The van der Waals surface area contributed by atoms with Crippen LogP contribution in [0.15, 0.2) is 24.5 Å². The number of rotatable bonds is 3. The molecule has 1 atom stereocenters. The molecule has 1 amide bonds. The second kappa shape index (κ2) is 5.09. The predicted octanol–water partition coefficient (Wildman–Crippen LogP) is 2.78. The number of anilines is 1. The van der Waals surface area contributed by atoms with E-state index in [1.165, 1.54) is 6.20 Å². The number of nitrogens with one attached hydrogen (secondary N) is 2. The van der Waals surface area contributed by atoms with E-state index in [-0.39, 0.29) is 11.9 Å². The normalized spacial score (nSPS) is 17.1. The van der Waals surface area contributed by atoms with Crippen molar-refractivity contribution in [1.82, 2.24) is 15.1 Å². The number of amides is 1. The summed E-state index contributed by atoms with van der Waals surface area (Å²) in [5, 5.41) is 11.1. The first-order chi connectivity index (χ1) is 9.60. The summed E-state index contributed by atoms with van der Waals surface area (Å²) in [5.41, 5.74) is 2.27. The average molecular weight is 311 g/mol. The van der Waals surface area contributed by atoms with Gasteiger partial charge in [-0.15, -0.1) is 0 Å². The number of carbonyl (C=O) groups is 1. The van der Waals surface area contributed by atoms with E-state index >= 15 is 0 Å². The van der Waals surface area contributed by atoms with Crippen LogP contribution >= 0.6 is 23.2 Å². The maximum absolute atomic E-state index is 11.9. The Morgan fingerprint density at radius 2 is 2.25 bits per heavy atom. The summed E-state index contributed by atoms with van der Waals surface area (Å²) < 4.78 is 1.58. The number of aromatic nitrogens is 2. The van der Waals surface area contributed by atoms with Crippen LogP contribution in [0.1, 0.15) is 18.5 Å². The molecule has 1 aromatic carbocycles. The molecule has 2 N–H and O–H groups in total. The maximum Gasteiger partial charge on any atom is 0.246 e. The Labute approximate surface area is 125 Å². The third kappa shape index (κ3) is 2.18. The molecule has 0 bridgehead atoms. The van der Waals surface area contributed by atoms with Crippen molar-refractivity contribution in [3.05, 3.63) is 40.1 Å². The molecule has 7 heteroatoms. The average Bonchev–Trinajstić information content (AvgIpc) is 2.95. The lowest BCUT2D eigenvalue weighted by Crippen LogP contribution is -2.27. The van der Waals surface area contributed by atoms with Crippen LogP contribution in [-0.2, 0) is 4.79 Å². The number of fused-ring (bicyclic) bond motifs is 1. The van der Waals surface area contributed by atoms with Crippen molar-refractivity contribution in [2.75, 3.05) is 11.9 Å². The number of hydrogen-bond acceptors (Lipinski definition) is 3. The standard InChI is InChI=1S/C13H12Cl2N4O/c1-2-16-12-8-3-9(15)11(4-10(8)18-13(12)20)19-6-7(14)5-17-19/h3-6,12,16H,2H2,1H3,(H,18,20). The summed E-state index contributed by atoms with van der Waals surface area (Å²) in [7, 11) is 0. The molecule has 1 aromatic heterocycles. The number of likely N-dealkylation sites (N-methyl/N-ethyl adjacent to an activating group) is 1. The van der Waals surface area contributed by atoms with Gasteiger partial charge in [-0.3, -0.25) is 4.79 Å². The molecule has 3 rings (SSSR count). The van der Waals surface area contributed by atoms with Crippen LogP contribution in [0.5, 0.6) is 0 Å². The number of carbonyl (C=O) groups excluding carboxylic acids is 1. The molecule has 1 unspecified atom stereocenters. The largest absolute Gasteiger partial charge is 0.324 e. The van der Waals surface area contributed by atoms with Crippen LogP contribution in [0.4, 0.5) is 5.69 Å². The molecule has 5 nitrogen and oxygen atoms in total. The van der Waals surface area contributed by atoms with Gasteiger partial charge in [-0.25, -0.2) is 4.68 Å². The fourth-order valence-corrected chi connectivity index (χ4v) is 2.68. The molecule has 20 heavy (non-hydrogen) atoms. The number of benzene rings is 1. The van der Waals surface area contributed by atoms with Crippen LogP contribution in [0.3, 0.4) is 0 Å². The minimum absolute atomic E-state index is 0.0754. The van der Waals surface area contributed by atoms with Crippen molar-refractivity contribution in [3.63, 3.8) is 0 Å². The second-order valence-corrected chi connectivity index (χ2v) is 5.32. The molecule has 1 aliphatic heterocycles. The Morgan fingerprint density at radius 1 is 1.45 bits per heavy atom. The first kappa shape index (κ1) is 13.4. The van der Waals surface area contributed by atoms with E-state index in [4.69, 9.17) is 23.2 Å². The van der Waals surface area contributed by atoms with Gasteiger partial charge in [-0.1, -0.05) is 30.1 Å². The fraction of sp³-hybridized carbons (Fsp3) is 0.231. The summed E-state index contributed by atoms with van der Waals surface area (Å²) in [6, 6.07) is 3.23. The minimum Gasteiger partial charge on any atom is -0.324 e. The second-order valence-electron chi connectivity index (χ2n) is 4.47. The van der Waals surface area contributed by atoms with E-state index in [0.717, 1.165) is 11.3 Å². The molecule has 2 aromatic rings. The molecule has 2 heterocycles. The summed E-state index contributed by atoms with van der Waals surface area (Å²) in [5.74, 6) is -0.0754. The highest BCUT2D eigenvalue weighted by atomic mass is 35.5. The number of halogens is 2. The predicted molar refractivity (Wildman–Crippen MR) is 78.6 cm³/mol. The van der Waals surface area contributed by atoms with Gasteiger partial charge in [0, 0.05) is 17.4 Å². The van der Waals surface area contributed by atoms with Gasteiger partial charge in [-0.2, -0.15) is 5.10 Å². The molecule has 0 radical (unpaired) electrons. The molecular weight excluding hydrogens is 299 g/mol. The zero-order valence-corrected chi connectivity index (χ0v) is 12.2. The van der Waals surface area contributed by atoms with Crippen molar-refractivity contribution in [2.45, 2.75) is 13.0 Å².